The molecule has 2 rings (SSSR count). The molecule has 2 aromatic rings. The number of nitrogens with zero attached hydrogens (tertiary/aromatic N) is 3. The van der Waals surface area contributed by atoms with Crippen molar-refractivity contribution in [2.75, 3.05) is 5.43 Å². The van der Waals surface area contributed by atoms with E-state index in [2.05, 4.69) is 41.6 Å². The fraction of sp³-hybridized carbons (Fsp3) is 0.0909. The average Bonchev–Trinajstić information content (AvgIpc) is 2.41. The van der Waals surface area contributed by atoms with Gasteiger partial charge in [0.1, 0.15) is 4.47 Å². The van der Waals surface area contributed by atoms with E-state index in [9.17, 15) is 4.79 Å². The second-order valence-electron chi connectivity index (χ2n) is 3.45. The molecule has 2 heterocycles. The topological polar surface area (TPSA) is 83.0 Å². The zero-order chi connectivity index (χ0) is 13.0. The van der Waals surface area contributed by atoms with E-state index in [0.29, 0.717) is 15.9 Å². The number of aromatic amines is 1. The number of hydrogen-bond donors (Lipinski definition) is 2. The Morgan fingerprint density at radius 3 is 3.06 bits per heavy atom. The standard InChI is InChI=1S/C11H10BrN5O/c1-7(8-4-2-3-5-13-8)15-16-9-6-14-17-11(18)10(9)12/h2-6H,1H3,(H2,16,17,18)/b15-7-. The van der Waals surface area contributed by atoms with Gasteiger partial charge in [-0.2, -0.15) is 10.2 Å². The molecule has 0 amide bonds. The molecule has 6 nitrogen and oxygen atoms in total. The minimum absolute atomic E-state index is 0.314. The Balaban J connectivity index is 2.21. The number of anilines is 1. The molecule has 0 unspecified atom stereocenters. The summed E-state index contributed by atoms with van der Waals surface area (Å²) in [6.07, 6.45) is 3.17. The van der Waals surface area contributed by atoms with Gasteiger partial charge in [-0.05, 0) is 35.0 Å². The van der Waals surface area contributed by atoms with Crippen LogP contribution in [0.1, 0.15) is 12.6 Å². The van der Waals surface area contributed by atoms with Gasteiger partial charge in [0.2, 0.25) is 0 Å². The highest BCUT2D eigenvalue weighted by Crippen LogP contribution is 2.15. The molecule has 0 saturated heterocycles. The Morgan fingerprint density at radius 2 is 2.33 bits per heavy atom. The van der Waals surface area contributed by atoms with Gasteiger partial charge in [-0.25, -0.2) is 5.10 Å². The van der Waals surface area contributed by atoms with Crippen LogP contribution in [0.25, 0.3) is 0 Å². The summed E-state index contributed by atoms with van der Waals surface area (Å²) in [5.74, 6) is 0. The smallest absolute Gasteiger partial charge is 0.275 e. The van der Waals surface area contributed by atoms with Gasteiger partial charge in [0.15, 0.2) is 0 Å². The lowest BCUT2D eigenvalue weighted by Crippen LogP contribution is -2.11. The lowest BCUT2D eigenvalue weighted by molar-refractivity contribution is 0.976. The highest BCUT2D eigenvalue weighted by molar-refractivity contribution is 9.10. The second kappa shape index (κ2) is 5.54. The fourth-order valence-corrected chi connectivity index (χ4v) is 1.52. The minimum Gasteiger partial charge on any atom is -0.275 e. The van der Waals surface area contributed by atoms with Crippen LogP contribution < -0.4 is 11.0 Å². The van der Waals surface area contributed by atoms with E-state index in [1.807, 2.05) is 25.1 Å². The molecule has 7 heteroatoms. The van der Waals surface area contributed by atoms with E-state index < -0.39 is 0 Å². The van der Waals surface area contributed by atoms with E-state index in [4.69, 9.17) is 0 Å². The molecule has 0 atom stereocenters. The Morgan fingerprint density at radius 1 is 1.50 bits per heavy atom. The largest absolute Gasteiger partial charge is 0.280 e. The van der Waals surface area contributed by atoms with Crippen LogP contribution in [-0.4, -0.2) is 20.9 Å². The number of rotatable bonds is 3. The second-order valence-corrected chi connectivity index (χ2v) is 4.24. The zero-order valence-corrected chi connectivity index (χ0v) is 11.1. The van der Waals surface area contributed by atoms with E-state index in [1.54, 1.807) is 6.20 Å². The Kier molecular flexibility index (Phi) is 3.83. The molecule has 18 heavy (non-hydrogen) atoms. The van der Waals surface area contributed by atoms with Gasteiger partial charge >= 0.3 is 0 Å². The molecular weight excluding hydrogens is 298 g/mol. The highest BCUT2D eigenvalue weighted by atomic mass is 79.9. The van der Waals surface area contributed by atoms with Gasteiger partial charge in [0, 0.05) is 6.20 Å². The van der Waals surface area contributed by atoms with E-state index in [0.717, 1.165) is 5.69 Å². The maximum absolute atomic E-state index is 11.3. The molecule has 0 bridgehead atoms. The summed E-state index contributed by atoms with van der Waals surface area (Å²) in [5.41, 5.74) is 4.42. The Labute approximate surface area is 111 Å². The maximum Gasteiger partial charge on any atom is 0.280 e. The molecule has 0 radical (unpaired) electrons. The molecule has 0 saturated carbocycles. The first-order chi connectivity index (χ1) is 8.68. The maximum atomic E-state index is 11.3. The summed E-state index contributed by atoms with van der Waals surface area (Å²) < 4.78 is 0.357. The van der Waals surface area contributed by atoms with Crippen molar-refractivity contribution in [3.63, 3.8) is 0 Å². The molecule has 0 fully saturated rings. The normalized spacial score (nSPS) is 11.3. The van der Waals surface area contributed by atoms with Crippen LogP contribution in [0.4, 0.5) is 5.69 Å². The number of hydrazone groups is 1. The molecule has 2 N–H and O–H groups in total. The first kappa shape index (κ1) is 12.4. The predicted octanol–water partition coefficient (Wildman–Crippen LogP) is 1.76. The van der Waals surface area contributed by atoms with Crippen LogP contribution in [0.15, 0.2) is 45.0 Å². The van der Waals surface area contributed by atoms with Crippen molar-refractivity contribution in [2.24, 2.45) is 5.10 Å². The molecule has 0 aromatic carbocycles. The zero-order valence-electron chi connectivity index (χ0n) is 9.51. The van der Waals surface area contributed by atoms with Crippen LogP contribution >= 0.6 is 15.9 Å². The van der Waals surface area contributed by atoms with Crippen LogP contribution in [0.3, 0.4) is 0 Å². The molecule has 2 aromatic heterocycles. The van der Waals surface area contributed by atoms with Crippen LogP contribution in [0.5, 0.6) is 0 Å². The molecule has 0 spiro atoms. The van der Waals surface area contributed by atoms with E-state index in [1.165, 1.54) is 6.20 Å². The van der Waals surface area contributed by atoms with Crippen molar-refractivity contribution in [3.8, 4) is 0 Å². The lowest BCUT2D eigenvalue weighted by atomic mass is 10.3. The van der Waals surface area contributed by atoms with Gasteiger partial charge in [-0.1, -0.05) is 6.07 Å². The van der Waals surface area contributed by atoms with Gasteiger partial charge < -0.3 is 0 Å². The molecular formula is C11H10BrN5O. The monoisotopic (exact) mass is 307 g/mol. The third-order valence-electron chi connectivity index (χ3n) is 2.18. The Bertz CT molecular complexity index is 623. The van der Waals surface area contributed by atoms with Crippen molar-refractivity contribution in [1.82, 2.24) is 15.2 Å². The lowest BCUT2D eigenvalue weighted by Gasteiger charge is -2.03. The van der Waals surface area contributed by atoms with E-state index >= 15 is 0 Å². The van der Waals surface area contributed by atoms with Gasteiger partial charge in [-0.15, -0.1) is 0 Å². The van der Waals surface area contributed by atoms with Crippen molar-refractivity contribution in [2.45, 2.75) is 6.92 Å². The summed E-state index contributed by atoms with van der Waals surface area (Å²) in [4.78, 5) is 15.5. The van der Waals surface area contributed by atoms with Gasteiger partial charge in [0.25, 0.3) is 5.56 Å². The molecule has 0 aliphatic heterocycles. The summed E-state index contributed by atoms with van der Waals surface area (Å²) >= 11 is 3.16. The SMILES string of the molecule is C/C(=N/Nc1cn[nH]c(=O)c1Br)c1ccccn1. The highest BCUT2D eigenvalue weighted by Gasteiger charge is 2.03. The van der Waals surface area contributed by atoms with Gasteiger partial charge in [0.05, 0.1) is 23.3 Å². The Hall–Kier alpha value is -2.02. The molecule has 0 aliphatic carbocycles. The molecule has 92 valence electrons. The van der Waals surface area contributed by atoms with Gasteiger partial charge in [-0.3, -0.25) is 15.2 Å². The number of pyridine rings is 1. The average molecular weight is 308 g/mol. The summed E-state index contributed by atoms with van der Waals surface area (Å²) in [6.45, 7) is 1.82. The number of nitrogens with one attached hydrogen (secondary N) is 2. The first-order valence-electron chi connectivity index (χ1n) is 5.13. The fourth-order valence-electron chi connectivity index (χ4n) is 1.24. The van der Waals surface area contributed by atoms with Crippen LogP contribution in [0, 0.1) is 0 Å². The van der Waals surface area contributed by atoms with Crippen molar-refractivity contribution in [1.29, 1.82) is 0 Å². The van der Waals surface area contributed by atoms with Crippen molar-refractivity contribution < 1.29 is 0 Å². The van der Waals surface area contributed by atoms with Crippen LogP contribution in [-0.2, 0) is 0 Å². The summed E-state index contributed by atoms with van der Waals surface area (Å²) in [6, 6.07) is 5.57. The van der Waals surface area contributed by atoms with E-state index in [-0.39, 0.29) is 5.56 Å². The van der Waals surface area contributed by atoms with Crippen molar-refractivity contribution >= 4 is 27.3 Å². The first-order valence-corrected chi connectivity index (χ1v) is 5.92. The number of H-pyrrole nitrogens is 1. The number of hydrogen-bond acceptors (Lipinski definition) is 5. The quantitative estimate of drug-likeness (QED) is 0.668. The molecule has 0 aliphatic rings. The third-order valence-corrected chi connectivity index (χ3v) is 2.96. The van der Waals surface area contributed by atoms with Crippen LogP contribution in [0.2, 0.25) is 0 Å². The summed E-state index contributed by atoms with van der Waals surface area (Å²) in [5, 5.41) is 10.1. The third kappa shape index (κ3) is 2.80. The number of aromatic nitrogens is 3. The minimum atomic E-state index is -0.314. The number of halogens is 1. The van der Waals surface area contributed by atoms with Crippen molar-refractivity contribution in [3.05, 3.63) is 51.1 Å². The summed E-state index contributed by atoms with van der Waals surface area (Å²) in [7, 11) is 0. The predicted molar refractivity (Wildman–Crippen MR) is 72.6 cm³/mol.